The lowest BCUT2D eigenvalue weighted by Gasteiger charge is -2.23. The number of amides is 1. The molecule has 0 saturated carbocycles. The highest BCUT2D eigenvalue weighted by molar-refractivity contribution is 7.20. The molecule has 0 fully saturated rings. The van der Waals surface area contributed by atoms with E-state index in [0.717, 1.165) is 11.3 Å². The van der Waals surface area contributed by atoms with Crippen LogP contribution in [0.3, 0.4) is 0 Å². The highest BCUT2D eigenvalue weighted by Gasteiger charge is 2.20. The zero-order valence-electron chi connectivity index (χ0n) is 11.3. The quantitative estimate of drug-likeness (QED) is 0.788. The van der Waals surface area contributed by atoms with Crippen molar-refractivity contribution in [2.75, 3.05) is 6.54 Å². The molecular formula is C13H17Cl2NO3S. The van der Waals surface area contributed by atoms with Crippen molar-refractivity contribution in [3.8, 4) is 0 Å². The summed E-state index contributed by atoms with van der Waals surface area (Å²) < 4.78 is 0.847. The first-order valence-corrected chi connectivity index (χ1v) is 7.73. The predicted molar refractivity (Wildman–Crippen MR) is 81.9 cm³/mol. The average molecular weight is 338 g/mol. The molecule has 112 valence electrons. The summed E-state index contributed by atoms with van der Waals surface area (Å²) in [4.78, 5) is 22.4. The second-order valence-electron chi connectivity index (χ2n) is 5.30. The molecule has 1 aromatic rings. The standard InChI is InChI=1S/C13H17Cl2NO3S/c1-13(2,4-3-10(17)18)5-6-16-12(19)8-7-9(14)20-11(8)15/h7H,3-6H2,1-2H3,(H,16,19)(H,17,18). The van der Waals surface area contributed by atoms with E-state index >= 15 is 0 Å². The van der Waals surface area contributed by atoms with Crippen LogP contribution in [-0.4, -0.2) is 23.5 Å². The van der Waals surface area contributed by atoms with E-state index in [0.29, 0.717) is 33.6 Å². The number of halogens is 2. The Balaban J connectivity index is 2.42. The molecule has 1 aromatic heterocycles. The van der Waals surface area contributed by atoms with Crippen LogP contribution in [0.25, 0.3) is 0 Å². The van der Waals surface area contributed by atoms with E-state index < -0.39 is 5.97 Å². The van der Waals surface area contributed by atoms with E-state index in [1.54, 1.807) is 6.07 Å². The third kappa shape index (κ3) is 5.69. The van der Waals surface area contributed by atoms with Gasteiger partial charge in [0.1, 0.15) is 4.34 Å². The minimum absolute atomic E-state index is 0.132. The summed E-state index contributed by atoms with van der Waals surface area (Å²) in [5.74, 6) is -1.06. The van der Waals surface area contributed by atoms with Crippen LogP contribution in [0.1, 0.15) is 43.5 Å². The van der Waals surface area contributed by atoms with Crippen molar-refractivity contribution in [2.24, 2.45) is 5.41 Å². The minimum atomic E-state index is -0.804. The van der Waals surface area contributed by atoms with Crippen LogP contribution in [0.2, 0.25) is 8.67 Å². The molecule has 0 saturated heterocycles. The molecule has 1 amide bonds. The SMILES string of the molecule is CC(C)(CCNC(=O)c1cc(Cl)sc1Cl)CCC(=O)O. The number of rotatable bonds is 7. The van der Waals surface area contributed by atoms with Crippen molar-refractivity contribution in [1.82, 2.24) is 5.32 Å². The number of aliphatic carboxylic acids is 1. The normalized spacial score (nSPS) is 11.4. The molecule has 0 aliphatic carbocycles. The summed E-state index contributed by atoms with van der Waals surface area (Å²) in [7, 11) is 0. The van der Waals surface area contributed by atoms with Gasteiger partial charge in [-0.15, -0.1) is 11.3 Å². The van der Waals surface area contributed by atoms with Gasteiger partial charge in [-0.2, -0.15) is 0 Å². The smallest absolute Gasteiger partial charge is 0.303 e. The number of hydrogen-bond acceptors (Lipinski definition) is 3. The van der Waals surface area contributed by atoms with Gasteiger partial charge in [-0.3, -0.25) is 9.59 Å². The van der Waals surface area contributed by atoms with E-state index in [9.17, 15) is 9.59 Å². The van der Waals surface area contributed by atoms with Gasteiger partial charge in [0.05, 0.1) is 9.90 Å². The third-order valence-electron chi connectivity index (χ3n) is 3.00. The fourth-order valence-electron chi connectivity index (χ4n) is 1.68. The molecule has 20 heavy (non-hydrogen) atoms. The van der Waals surface area contributed by atoms with E-state index in [1.807, 2.05) is 13.8 Å². The third-order valence-corrected chi connectivity index (χ3v) is 4.49. The van der Waals surface area contributed by atoms with Crippen LogP contribution in [0.4, 0.5) is 0 Å². The molecule has 2 N–H and O–H groups in total. The maximum Gasteiger partial charge on any atom is 0.303 e. The fraction of sp³-hybridized carbons (Fsp3) is 0.538. The molecule has 0 radical (unpaired) electrons. The Bertz CT molecular complexity index is 500. The number of carbonyl (C=O) groups excluding carboxylic acids is 1. The zero-order valence-corrected chi connectivity index (χ0v) is 13.7. The predicted octanol–water partition coefficient (Wildman–Crippen LogP) is 4.07. The second kappa shape index (κ2) is 7.29. The molecule has 7 heteroatoms. The van der Waals surface area contributed by atoms with Crippen LogP contribution >= 0.6 is 34.5 Å². The van der Waals surface area contributed by atoms with Gasteiger partial charge in [0.15, 0.2) is 0 Å². The van der Waals surface area contributed by atoms with Crippen LogP contribution in [0, 0.1) is 5.41 Å². The summed E-state index contributed by atoms with van der Waals surface area (Å²) in [6, 6.07) is 1.54. The number of hydrogen-bond donors (Lipinski definition) is 2. The highest BCUT2D eigenvalue weighted by atomic mass is 35.5. The van der Waals surface area contributed by atoms with Crippen LogP contribution in [0.15, 0.2) is 6.07 Å². The van der Waals surface area contributed by atoms with Gasteiger partial charge < -0.3 is 10.4 Å². The van der Waals surface area contributed by atoms with Gasteiger partial charge in [-0.1, -0.05) is 37.0 Å². The number of carboxylic acid groups (broad SMARTS) is 1. The minimum Gasteiger partial charge on any atom is -0.481 e. The van der Waals surface area contributed by atoms with Gasteiger partial charge >= 0.3 is 5.97 Å². The van der Waals surface area contributed by atoms with Gasteiger partial charge in [-0.25, -0.2) is 0 Å². The number of carbonyl (C=O) groups is 2. The van der Waals surface area contributed by atoms with E-state index in [1.165, 1.54) is 0 Å². The Labute approximate surface area is 132 Å². The molecule has 4 nitrogen and oxygen atoms in total. The summed E-state index contributed by atoms with van der Waals surface area (Å²) in [6.45, 7) is 4.43. The van der Waals surface area contributed by atoms with Crippen molar-refractivity contribution < 1.29 is 14.7 Å². The maximum atomic E-state index is 11.9. The van der Waals surface area contributed by atoms with Crippen molar-refractivity contribution in [2.45, 2.75) is 33.1 Å². The lowest BCUT2D eigenvalue weighted by atomic mass is 9.84. The maximum absolute atomic E-state index is 11.9. The van der Waals surface area contributed by atoms with E-state index in [4.69, 9.17) is 28.3 Å². The number of carboxylic acids is 1. The van der Waals surface area contributed by atoms with Gasteiger partial charge in [-0.05, 0) is 24.3 Å². The van der Waals surface area contributed by atoms with Gasteiger partial charge in [0.2, 0.25) is 0 Å². The molecule has 0 spiro atoms. The lowest BCUT2D eigenvalue weighted by molar-refractivity contribution is -0.137. The van der Waals surface area contributed by atoms with Gasteiger partial charge in [0, 0.05) is 13.0 Å². The molecule has 0 aromatic carbocycles. The van der Waals surface area contributed by atoms with Crippen molar-refractivity contribution in [3.05, 3.63) is 20.3 Å². The molecular weight excluding hydrogens is 321 g/mol. The van der Waals surface area contributed by atoms with Crippen LogP contribution in [0.5, 0.6) is 0 Å². The lowest BCUT2D eigenvalue weighted by Crippen LogP contribution is -2.28. The Morgan fingerprint density at radius 3 is 2.50 bits per heavy atom. The molecule has 1 rings (SSSR count). The average Bonchev–Trinajstić information content (AvgIpc) is 2.66. The first-order valence-electron chi connectivity index (χ1n) is 6.16. The first kappa shape index (κ1) is 17.3. The van der Waals surface area contributed by atoms with E-state index in [-0.39, 0.29) is 17.7 Å². The topological polar surface area (TPSA) is 66.4 Å². The Hall–Kier alpha value is -0.780. The molecule has 0 unspecified atom stereocenters. The molecule has 0 atom stereocenters. The Morgan fingerprint density at radius 1 is 1.35 bits per heavy atom. The molecule has 0 aliphatic heterocycles. The van der Waals surface area contributed by atoms with Crippen molar-refractivity contribution in [3.63, 3.8) is 0 Å². The number of nitrogens with one attached hydrogen (secondary N) is 1. The summed E-state index contributed by atoms with van der Waals surface area (Å²) in [5, 5.41) is 11.5. The summed E-state index contributed by atoms with van der Waals surface area (Å²) >= 11 is 12.8. The first-order chi connectivity index (χ1) is 9.21. The van der Waals surface area contributed by atoms with Gasteiger partial charge in [0.25, 0.3) is 5.91 Å². The van der Waals surface area contributed by atoms with E-state index in [2.05, 4.69) is 5.32 Å². The van der Waals surface area contributed by atoms with Crippen LogP contribution in [-0.2, 0) is 4.79 Å². The molecule has 0 aliphatic rings. The van der Waals surface area contributed by atoms with Crippen molar-refractivity contribution >= 4 is 46.4 Å². The Kier molecular flexibility index (Phi) is 6.30. The fourth-order valence-corrected chi connectivity index (χ4v) is 3.13. The van der Waals surface area contributed by atoms with Crippen LogP contribution < -0.4 is 5.32 Å². The second-order valence-corrected chi connectivity index (χ2v) is 7.59. The largest absolute Gasteiger partial charge is 0.481 e. The summed E-state index contributed by atoms with van der Waals surface area (Å²) in [5.41, 5.74) is 0.242. The van der Waals surface area contributed by atoms with Crippen molar-refractivity contribution in [1.29, 1.82) is 0 Å². The Morgan fingerprint density at radius 2 is 2.00 bits per heavy atom. The monoisotopic (exact) mass is 337 g/mol. The highest BCUT2D eigenvalue weighted by Crippen LogP contribution is 2.31. The zero-order chi connectivity index (χ0) is 15.3. The summed E-state index contributed by atoms with van der Waals surface area (Å²) in [6.07, 6.45) is 1.40. The molecule has 1 heterocycles. The number of thiophene rings is 1. The molecule has 0 bridgehead atoms.